The van der Waals surface area contributed by atoms with Crippen molar-refractivity contribution in [3.05, 3.63) is 59.7 Å². The highest BCUT2D eigenvalue weighted by Gasteiger charge is 2.36. The largest absolute Gasteiger partial charge is 0.480 e. The number of carboxylic acid groups (broad SMARTS) is 1. The van der Waals surface area contributed by atoms with Crippen molar-refractivity contribution in [1.29, 1.82) is 0 Å². The lowest BCUT2D eigenvalue weighted by Gasteiger charge is -2.32. The predicted molar refractivity (Wildman–Crippen MR) is 224 cm³/mol. The summed E-state index contributed by atoms with van der Waals surface area (Å²) in [6.07, 6.45) is -0.704. The van der Waals surface area contributed by atoms with E-state index < -0.39 is 90.6 Å². The topological polar surface area (TPSA) is 203 Å². The Labute approximate surface area is 352 Å². The maximum Gasteiger partial charge on any atom is 0.410 e. The summed E-state index contributed by atoms with van der Waals surface area (Å²) in [4.78, 5) is 109. The minimum atomic E-state index is -1.23. The monoisotopic (exact) mass is 834 g/mol. The van der Waals surface area contributed by atoms with E-state index in [1.807, 2.05) is 62.4 Å². The summed E-state index contributed by atoms with van der Waals surface area (Å²) in [6, 6.07) is 11.9. The first kappa shape index (κ1) is 48.6. The Morgan fingerprint density at radius 1 is 0.717 bits per heavy atom. The molecule has 0 saturated heterocycles. The molecule has 1 aliphatic rings. The molecule has 5 atom stereocenters. The lowest BCUT2D eigenvalue weighted by Crippen LogP contribution is -2.55. The molecular formula is C44H62N6O10. The van der Waals surface area contributed by atoms with Crippen LogP contribution in [0.4, 0.5) is 4.79 Å². The van der Waals surface area contributed by atoms with Gasteiger partial charge in [0.2, 0.25) is 29.5 Å². The Balaban J connectivity index is 1.58. The molecule has 0 heterocycles. The maximum absolute atomic E-state index is 13.7. The number of fused-ring (bicyclic) bond motifs is 3. The zero-order valence-electron chi connectivity index (χ0n) is 36.7. The number of amides is 6. The van der Waals surface area contributed by atoms with Gasteiger partial charge in [-0.1, -0.05) is 83.1 Å². The Kier molecular flexibility index (Phi) is 17.4. The number of carbonyl (C=O) groups is 8. The lowest BCUT2D eigenvalue weighted by atomic mass is 9.96. The van der Waals surface area contributed by atoms with E-state index in [0.29, 0.717) is 0 Å². The van der Waals surface area contributed by atoms with E-state index in [-0.39, 0.29) is 37.2 Å². The molecule has 1 aliphatic carbocycles. The normalized spacial score (nSPS) is 14.4. The van der Waals surface area contributed by atoms with Crippen LogP contribution in [0.1, 0.15) is 78.4 Å². The number of hydrogen-bond donors (Lipinski definition) is 3. The Hall–Kier alpha value is -5.80. The predicted octanol–water partition coefficient (Wildman–Crippen LogP) is 3.37. The number of Topliss-reactive ketones (excluding diaryl/α,β-unsaturated/α-hetero) is 1. The van der Waals surface area contributed by atoms with Crippen molar-refractivity contribution in [3.63, 3.8) is 0 Å². The number of ketones is 1. The molecule has 16 heteroatoms. The minimum absolute atomic E-state index is 0.0301. The Morgan fingerprint density at radius 3 is 1.78 bits per heavy atom. The highest BCUT2D eigenvalue weighted by molar-refractivity contribution is 5.96. The number of benzene rings is 2. The van der Waals surface area contributed by atoms with Crippen LogP contribution in [0.25, 0.3) is 11.1 Å². The third-order valence-corrected chi connectivity index (χ3v) is 11.1. The highest BCUT2D eigenvalue weighted by Crippen LogP contribution is 2.44. The maximum atomic E-state index is 13.7. The van der Waals surface area contributed by atoms with E-state index in [4.69, 9.17) is 9.84 Å². The molecule has 16 nitrogen and oxygen atoms in total. The second-order valence-corrected chi connectivity index (χ2v) is 16.5. The third kappa shape index (κ3) is 12.1. The van der Waals surface area contributed by atoms with Gasteiger partial charge in [-0.15, -0.1) is 0 Å². The number of nitrogens with one attached hydrogen (secondary N) is 2. The third-order valence-electron chi connectivity index (χ3n) is 11.1. The summed E-state index contributed by atoms with van der Waals surface area (Å²) in [6.45, 7) is 10.8. The van der Waals surface area contributed by atoms with Crippen molar-refractivity contribution in [2.75, 3.05) is 47.9 Å². The van der Waals surface area contributed by atoms with E-state index >= 15 is 0 Å². The number of rotatable bonds is 20. The second-order valence-electron chi connectivity index (χ2n) is 16.5. The van der Waals surface area contributed by atoms with E-state index in [9.17, 15) is 38.4 Å². The van der Waals surface area contributed by atoms with Gasteiger partial charge in [0.05, 0.1) is 12.6 Å². The first-order valence-electron chi connectivity index (χ1n) is 20.3. The molecule has 0 aromatic heterocycles. The van der Waals surface area contributed by atoms with Crippen LogP contribution < -0.4 is 10.6 Å². The summed E-state index contributed by atoms with van der Waals surface area (Å²) in [5.74, 6) is -5.89. The van der Waals surface area contributed by atoms with Crippen LogP contribution in [0, 0.1) is 17.8 Å². The standard InChI is InChI=1S/C44H62N6O10/c1-25(2)20-35(46-40(55)29(7)49(10)44(59)60-24-34-32-18-14-12-16-30(32)31-17-13-15-19-33(31)34)43(58)47(8)23-37(52)48(9)28(6)36(51)21-27(5)42(57)50(11)39(26(3)4)41(56)45-22-38(53)54/h12-19,25-29,34-35,39H,20-24H2,1-11H3,(H,45,56)(H,46,55)(H,53,54)/t27-,28+,29+,35+,39?/m1/s1. The summed E-state index contributed by atoms with van der Waals surface area (Å²) >= 11 is 0. The number of carbonyl (C=O) groups excluding carboxylic acids is 7. The van der Waals surface area contributed by atoms with Crippen molar-refractivity contribution < 1.29 is 48.2 Å². The Morgan fingerprint density at radius 2 is 1.27 bits per heavy atom. The molecule has 3 rings (SSSR count). The van der Waals surface area contributed by atoms with E-state index in [0.717, 1.165) is 22.3 Å². The van der Waals surface area contributed by atoms with Gasteiger partial charge in [0.1, 0.15) is 31.3 Å². The van der Waals surface area contributed by atoms with Gasteiger partial charge < -0.3 is 35.2 Å². The molecule has 0 radical (unpaired) electrons. The van der Waals surface area contributed by atoms with Crippen LogP contribution in [0.15, 0.2) is 48.5 Å². The van der Waals surface area contributed by atoms with Gasteiger partial charge in [0.25, 0.3) is 0 Å². The number of nitrogens with zero attached hydrogens (tertiary/aromatic N) is 4. The fourth-order valence-electron chi connectivity index (χ4n) is 7.34. The van der Waals surface area contributed by atoms with Crippen LogP contribution in [0.2, 0.25) is 0 Å². The van der Waals surface area contributed by atoms with Gasteiger partial charge in [0, 0.05) is 46.4 Å². The molecule has 0 aliphatic heterocycles. The van der Waals surface area contributed by atoms with Gasteiger partial charge in [-0.05, 0) is 54.4 Å². The van der Waals surface area contributed by atoms with Crippen LogP contribution in [-0.4, -0.2) is 144 Å². The zero-order chi connectivity index (χ0) is 45.2. The molecule has 60 heavy (non-hydrogen) atoms. The van der Waals surface area contributed by atoms with Gasteiger partial charge in [0.15, 0.2) is 5.78 Å². The first-order chi connectivity index (χ1) is 28.1. The highest BCUT2D eigenvalue weighted by atomic mass is 16.6. The smallest absolute Gasteiger partial charge is 0.410 e. The number of ether oxygens (including phenoxy) is 1. The molecule has 2 aromatic carbocycles. The number of carboxylic acids is 1. The van der Waals surface area contributed by atoms with E-state index in [1.54, 1.807) is 13.8 Å². The molecule has 0 spiro atoms. The van der Waals surface area contributed by atoms with Crippen LogP contribution in [0.5, 0.6) is 0 Å². The van der Waals surface area contributed by atoms with Crippen molar-refractivity contribution >= 4 is 47.4 Å². The summed E-state index contributed by atoms with van der Waals surface area (Å²) in [7, 11) is 5.70. The SMILES string of the molecule is CC(C)C[C@H](NC(=O)[C@H](C)N(C)C(=O)OCC1c2ccccc2-c2ccccc21)C(=O)N(C)CC(=O)N(C)[C@@H](C)C(=O)C[C@@H](C)C(=O)N(C)C(C(=O)NCC(=O)O)C(C)C. The molecule has 2 aromatic rings. The average molecular weight is 835 g/mol. The van der Waals surface area contributed by atoms with E-state index in [2.05, 4.69) is 10.6 Å². The van der Waals surface area contributed by atoms with Gasteiger partial charge in [-0.25, -0.2) is 4.79 Å². The quantitative estimate of drug-likeness (QED) is 0.178. The van der Waals surface area contributed by atoms with Crippen molar-refractivity contribution in [1.82, 2.24) is 30.2 Å². The van der Waals surface area contributed by atoms with Crippen LogP contribution in [-0.2, 0) is 38.3 Å². The van der Waals surface area contributed by atoms with Crippen molar-refractivity contribution in [3.8, 4) is 11.1 Å². The fraction of sp³-hybridized carbons (Fsp3) is 0.545. The lowest BCUT2D eigenvalue weighted by molar-refractivity contribution is -0.146. The molecule has 6 amide bonds. The van der Waals surface area contributed by atoms with Crippen LogP contribution >= 0.6 is 0 Å². The van der Waals surface area contributed by atoms with Crippen LogP contribution in [0.3, 0.4) is 0 Å². The Bertz CT molecular complexity index is 1870. The number of likely N-dealkylation sites (N-methyl/N-ethyl adjacent to an activating group) is 4. The summed E-state index contributed by atoms with van der Waals surface area (Å²) in [5.41, 5.74) is 4.28. The molecule has 3 N–H and O–H groups in total. The first-order valence-corrected chi connectivity index (χ1v) is 20.3. The van der Waals surface area contributed by atoms with E-state index in [1.165, 1.54) is 68.6 Å². The van der Waals surface area contributed by atoms with Crippen molar-refractivity contribution in [2.45, 2.75) is 91.4 Å². The molecule has 0 saturated carbocycles. The molecule has 0 bridgehead atoms. The van der Waals surface area contributed by atoms with Gasteiger partial charge in [-0.2, -0.15) is 0 Å². The fourth-order valence-corrected chi connectivity index (χ4v) is 7.34. The second kappa shape index (κ2) is 21.5. The minimum Gasteiger partial charge on any atom is -0.480 e. The molecular weight excluding hydrogens is 773 g/mol. The summed E-state index contributed by atoms with van der Waals surface area (Å²) in [5, 5.41) is 14.0. The zero-order valence-corrected chi connectivity index (χ0v) is 36.7. The number of hydrogen-bond acceptors (Lipinski definition) is 9. The average Bonchev–Trinajstić information content (AvgIpc) is 3.52. The molecule has 0 fully saturated rings. The summed E-state index contributed by atoms with van der Waals surface area (Å²) < 4.78 is 5.73. The molecule has 1 unspecified atom stereocenters. The molecule has 328 valence electrons. The number of aliphatic carboxylic acids is 1. The van der Waals surface area contributed by atoms with Crippen molar-refractivity contribution in [2.24, 2.45) is 17.8 Å². The van der Waals surface area contributed by atoms with Gasteiger partial charge in [-0.3, -0.25) is 38.5 Å². The van der Waals surface area contributed by atoms with Gasteiger partial charge >= 0.3 is 12.1 Å².